The SMILES string of the molecule is O=C(NCCCCCCO)Nc1ncc([N+](=O)[O-])s1. The number of anilines is 1. The molecule has 106 valence electrons. The summed E-state index contributed by atoms with van der Waals surface area (Å²) >= 11 is 0.810. The minimum atomic E-state index is -0.554. The smallest absolute Gasteiger partial charge is 0.345 e. The maximum absolute atomic E-state index is 11.4. The van der Waals surface area contributed by atoms with Crippen molar-refractivity contribution < 1.29 is 14.8 Å². The average Bonchev–Trinajstić information content (AvgIpc) is 2.82. The summed E-state index contributed by atoms with van der Waals surface area (Å²) in [5, 5.41) is 24.2. The zero-order valence-corrected chi connectivity index (χ0v) is 11.1. The fraction of sp³-hybridized carbons (Fsp3) is 0.600. The van der Waals surface area contributed by atoms with Crippen LogP contribution in [0.15, 0.2) is 6.20 Å². The highest BCUT2D eigenvalue weighted by atomic mass is 32.1. The molecule has 8 nitrogen and oxygen atoms in total. The molecule has 0 aromatic carbocycles. The highest BCUT2D eigenvalue weighted by Gasteiger charge is 2.12. The molecule has 0 aliphatic rings. The Balaban J connectivity index is 2.18. The van der Waals surface area contributed by atoms with Gasteiger partial charge in [0.05, 0.1) is 4.92 Å². The van der Waals surface area contributed by atoms with Crippen LogP contribution in [-0.4, -0.2) is 34.2 Å². The third-order valence-electron chi connectivity index (χ3n) is 2.26. The number of aliphatic hydroxyl groups is 1. The van der Waals surface area contributed by atoms with Crippen molar-refractivity contribution in [3.05, 3.63) is 16.3 Å². The quantitative estimate of drug-likeness (QED) is 0.382. The lowest BCUT2D eigenvalue weighted by Gasteiger charge is -2.04. The number of aliphatic hydroxyl groups excluding tert-OH is 1. The van der Waals surface area contributed by atoms with Crippen molar-refractivity contribution in [2.45, 2.75) is 25.7 Å². The summed E-state index contributed by atoms with van der Waals surface area (Å²) in [7, 11) is 0. The molecular formula is C10H16N4O4S. The number of urea groups is 1. The molecule has 1 heterocycles. The molecular weight excluding hydrogens is 272 g/mol. The third kappa shape index (κ3) is 6.11. The number of hydrogen-bond acceptors (Lipinski definition) is 6. The van der Waals surface area contributed by atoms with Crippen molar-refractivity contribution in [1.29, 1.82) is 0 Å². The molecule has 0 aliphatic carbocycles. The fourth-order valence-electron chi connectivity index (χ4n) is 1.34. The molecule has 1 rings (SSSR count). The number of amides is 2. The molecule has 1 aromatic heterocycles. The van der Waals surface area contributed by atoms with E-state index in [4.69, 9.17) is 5.11 Å². The molecule has 2 amide bonds. The lowest BCUT2D eigenvalue weighted by molar-refractivity contribution is -0.380. The second-order valence-corrected chi connectivity index (χ2v) is 4.79. The van der Waals surface area contributed by atoms with Gasteiger partial charge in [0, 0.05) is 13.2 Å². The largest absolute Gasteiger partial charge is 0.396 e. The van der Waals surface area contributed by atoms with E-state index in [1.807, 2.05) is 0 Å². The standard InChI is InChI=1S/C10H16N4O4S/c15-6-4-2-1-3-5-11-9(16)13-10-12-7-8(19-10)14(17)18/h7,15H,1-6H2,(H2,11,12,13,16). The predicted octanol–water partition coefficient (Wildman–Crippen LogP) is 1.73. The van der Waals surface area contributed by atoms with E-state index in [-0.39, 0.29) is 16.7 Å². The van der Waals surface area contributed by atoms with Gasteiger partial charge in [-0.25, -0.2) is 9.78 Å². The number of aromatic nitrogens is 1. The van der Waals surface area contributed by atoms with Crippen LogP contribution >= 0.6 is 11.3 Å². The normalized spacial score (nSPS) is 10.2. The molecule has 3 N–H and O–H groups in total. The fourth-order valence-corrected chi connectivity index (χ4v) is 1.97. The molecule has 0 atom stereocenters. The van der Waals surface area contributed by atoms with E-state index in [1.165, 1.54) is 0 Å². The molecule has 0 saturated heterocycles. The molecule has 0 bridgehead atoms. The molecule has 0 radical (unpaired) electrons. The van der Waals surface area contributed by atoms with Gasteiger partial charge >= 0.3 is 11.0 Å². The molecule has 0 saturated carbocycles. The minimum absolute atomic E-state index is 0.112. The number of rotatable bonds is 8. The average molecular weight is 288 g/mol. The second-order valence-electron chi connectivity index (χ2n) is 3.78. The number of nitrogens with zero attached hydrogens (tertiary/aromatic N) is 2. The monoisotopic (exact) mass is 288 g/mol. The Morgan fingerprint density at radius 1 is 1.42 bits per heavy atom. The van der Waals surface area contributed by atoms with Crippen LogP contribution in [-0.2, 0) is 0 Å². The van der Waals surface area contributed by atoms with Gasteiger partial charge in [-0.15, -0.1) is 0 Å². The predicted molar refractivity (Wildman–Crippen MR) is 71.3 cm³/mol. The van der Waals surface area contributed by atoms with Crippen molar-refractivity contribution in [2.75, 3.05) is 18.5 Å². The Hall–Kier alpha value is -1.74. The summed E-state index contributed by atoms with van der Waals surface area (Å²) in [4.78, 5) is 25.0. The number of hydrogen-bond donors (Lipinski definition) is 3. The van der Waals surface area contributed by atoms with Gasteiger partial charge in [-0.1, -0.05) is 12.8 Å². The molecule has 1 aromatic rings. The maximum atomic E-state index is 11.4. The van der Waals surface area contributed by atoms with Crippen molar-refractivity contribution in [3.63, 3.8) is 0 Å². The summed E-state index contributed by atoms with van der Waals surface area (Å²) in [6, 6.07) is -0.425. The number of unbranched alkanes of at least 4 members (excludes halogenated alkanes) is 3. The Morgan fingerprint density at radius 3 is 2.79 bits per heavy atom. The van der Waals surface area contributed by atoms with Crippen LogP contribution in [0.1, 0.15) is 25.7 Å². The Labute approximate surface area is 114 Å². The van der Waals surface area contributed by atoms with Crippen LogP contribution in [0.3, 0.4) is 0 Å². The van der Waals surface area contributed by atoms with E-state index in [0.717, 1.165) is 43.2 Å². The van der Waals surface area contributed by atoms with E-state index in [2.05, 4.69) is 15.6 Å². The van der Waals surface area contributed by atoms with Crippen LogP contribution in [0.2, 0.25) is 0 Å². The highest BCUT2D eigenvalue weighted by Crippen LogP contribution is 2.24. The second kappa shape index (κ2) is 8.38. The summed E-state index contributed by atoms with van der Waals surface area (Å²) in [5.74, 6) is 0. The molecule has 19 heavy (non-hydrogen) atoms. The maximum Gasteiger partial charge on any atom is 0.345 e. The summed E-state index contributed by atoms with van der Waals surface area (Å²) in [6.07, 6.45) is 4.57. The van der Waals surface area contributed by atoms with Gasteiger partial charge in [0.2, 0.25) is 0 Å². The lowest BCUT2D eigenvalue weighted by Crippen LogP contribution is -2.29. The zero-order chi connectivity index (χ0) is 14.1. The summed E-state index contributed by atoms with van der Waals surface area (Å²) < 4.78 is 0. The van der Waals surface area contributed by atoms with E-state index >= 15 is 0 Å². The van der Waals surface area contributed by atoms with Crippen molar-refractivity contribution in [1.82, 2.24) is 10.3 Å². The van der Waals surface area contributed by atoms with Crippen molar-refractivity contribution in [2.24, 2.45) is 0 Å². The molecule has 0 aliphatic heterocycles. The molecule has 9 heteroatoms. The van der Waals surface area contributed by atoms with Gasteiger partial charge in [0.25, 0.3) is 0 Å². The minimum Gasteiger partial charge on any atom is -0.396 e. The van der Waals surface area contributed by atoms with Gasteiger partial charge < -0.3 is 10.4 Å². The van der Waals surface area contributed by atoms with E-state index in [0.29, 0.717) is 6.54 Å². The first-order chi connectivity index (χ1) is 9.13. The Kier molecular flexibility index (Phi) is 6.75. The first-order valence-electron chi connectivity index (χ1n) is 5.89. The van der Waals surface area contributed by atoms with E-state index in [1.54, 1.807) is 0 Å². The Morgan fingerprint density at radius 2 is 2.16 bits per heavy atom. The lowest BCUT2D eigenvalue weighted by atomic mass is 10.2. The third-order valence-corrected chi connectivity index (χ3v) is 3.13. The number of thiazole rings is 1. The topological polar surface area (TPSA) is 117 Å². The van der Waals surface area contributed by atoms with E-state index < -0.39 is 11.0 Å². The van der Waals surface area contributed by atoms with Crippen LogP contribution in [0.25, 0.3) is 0 Å². The number of nitro groups is 1. The van der Waals surface area contributed by atoms with Gasteiger partial charge in [-0.05, 0) is 24.2 Å². The molecule has 0 unspecified atom stereocenters. The molecule has 0 spiro atoms. The van der Waals surface area contributed by atoms with Crippen LogP contribution in [0, 0.1) is 10.1 Å². The summed E-state index contributed by atoms with van der Waals surface area (Å²) in [6.45, 7) is 0.710. The van der Waals surface area contributed by atoms with Crippen LogP contribution in [0.5, 0.6) is 0 Å². The number of nitrogens with one attached hydrogen (secondary N) is 2. The first-order valence-corrected chi connectivity index (χ1v) is 6.71. The number of carbonyl (C=O) groups is 1. The van der Waals surface area contributed by atoms with Crippen molar-refractivity contribution >= 4 is 27.5 Å². The number of carbonyl (C=O) groups excluding carboxylic acids is 1. The summed E-state index contributed by atoms with van der Waals surface area (Å²) in [5.41, 5.74) is 0. The zero-order valence-electron chi connectivity index (χ0n) is 10.3. The van der Waals surface area contributed by atoms with Gasteiger partial charge in [-0.3, -0.25) is 15.4 Å². The van der Waals surface area contributed by atoms with Crippen LogP contribution in [0.4, 0.5) is 14.9 Å². The van der Waals surface area contributed by atoms with Gasteiger partial charge in [-0.2, -0.15) is 0 Å². The highest BCUT2D eigenvalue weighted by molar-refractivity contribution is 7.18. The van der Waals surface area contributed by atoms with Gasteiger partial charge in [0.1, 0.15) is 6.20 Å². The first kappa shape index (κ1) is 15.3. The van der Waals surface area contributed by atoms with E-state index in [9.17, 15) is 14.9 Å². The Bertz CT molecular complexity index is 423. The molecule has 0 fully saturated rings. The van der Waals surface area contributed by atoms with Gasteiger partial charge in [0.15, 0.2) is 5.13 Å². The van der Waals surface area contributed by atoms with Crippen molar-refractivity contribution in [3.8, 4) is 0 Å². The van der Waals surface area contributed by atoms with Crippen LogP contribution < -0.4 is 10.6 Å².